The number of rotatable bonds is 3. The largest absolute Gasteiger partial charge is 0.456 e. The second-order valence-electron chi connectivity index (χ2n) is 16.6. The zero-order valence-corrected chi connectivity index (χ0v) is 33.7. The third-order valence-electron chi connectivity index (χ3n) is 13.4. The lowest BCUT2D eigenvalue weighted by Crippen LogP contribution is -2.29. The van der Waals surface area contributed by atoms with Gasteiger partial charge in [-0.2, -0.15) is 0 Å². The van der Waals surface area contributed by atoms with E-state index < -0.39 is 5.41 Å². The molecule has 14 rings (SSSR count). The first-order chi connectivity index (χ1) is 31.2. The van der Waals surface area contributed by atoms with Crippen molar-refractivity contribution in [1.82, 2.24) is 15.0 Å². The summed E-state index contributed by atoms with van der Waals surface area (Å²) in [7, 11) is 0. The molecule has 9 aromatic carbocycles. The van der Waals surface area contributed by atoms with Crippen molar-refractivity contribution in [2.45, 2.75) is 5.41 Å². The SMILES string of the molecule is c1ccc2c(c1)-c1ccccc1C1(c3cc(-c4nc(-c5cccc6c5oc5ccccc56)nc(-c5cccc6oc7ccccc7c56)n4)ccc3-2)c2ccccc2-c2ccccc21. The van der Waals surface area contributed by atoms with Gasteiger partial charge in [0.25, 0.3) is 0 Å². The van der Waals surface area contributed by atoms with Crippen molar-refractivity contribution in [2.75, 3.05) is 0 Å². The molecule has 2 aliphatic rings. The molecule has 0 N–H and O–H groups in total. The van der Waals surface area contributed by atoms with E-state index in [9.17, 15) is 0 Å². The van der Waals surface area contributed by atoms with E-state index >= 15 is 0 Å². The molecule has 0 unspecified atom stereocenters. The predicted octanol–water partition coefficient (Wildman–Crippen LogP) is 14.7. The summed E-state index contributed by atoms with van der Waals surface area (Å²) in [5.41, 5.74) is 17.3. The summed E-state index contributed by atoms with van der Waals surface area (Å²) in [6.07, 6.45) is 0. The van der Waals surface area contributed by atoms with Crippen molar-refractivity contribution < 1.29 is 8.83 Å². The summed E-state index contributed by atoms with van der Waals surface area (Å²) in [5, 5.41) is 4.03. The van der Waals surface area contributed by atoms with Crippen LogP contribution in [0, 0.1) is 0 Å². The van der Waals surface area contributed by atoms with Crippen LogP contribution in [0.3, 0.4) is 0 Å². The molecule has 0 atom stereocenters. The fourth-order valence-electron chi connectivity index (χ4n) is 10.8. The highest BCUT2D eigenvalue weighted by atomic mass is 16.3. The summed E-state index contributed by atoms with van der Waals surface area (Å²) >= 11 is 0. The number of aromatic nitrogens is 3. The summed E-state index contributed by atoms with van der Waals surface area (Å²) in [5.74, 6) is 1.65. The van der Waals surface area contributed by atoms with Crippen molar-refractivity contribution in [1.29, 1.82) is 0 Å². The van der Waals surface area contributed by atoms with Crippen LogP contribution in [0.4, 0.5) is 0 Å². The van der Waals surface area contributed by atoms with Gasteiger partial charge in [-0.05, 0) is 86.0 Å². The summed E-state index contributed by atoms with van der Waals surface area (Å²) in [6.45, 7) is 0. The van der Waals surface area contributed by atoms with Crippen LogP contribution >= 0.6 is 0 Å². The molecule has 63 heavy (non-hydrogen) atoms. The van der Waals surface area contributed by atoms with E-state index in [1.54, 1.807) is 0 Å². The van der Waals surface area contributed by atoms with E-state index in [1.807, 2.05) is 54.6 Å². The summed E-state index contributed by atoms with van der Waals surface area (Å²) in [6, 6.07) is 71.1. The van der Waals surface area contributed by atoms with Gasteiger partial charge in [0, 0.05) is 32.7 Å². The van der Waals surface area contributed by atoms with Crippen LogP contribution in [-0.4, -0.2) is 15.0 Å². The first-order valence-electron chi connectivity index (χ1n) is 21.3. The van der Waals surface area contributed by atoms with Crippen LogP contribution in [0.15, 0.2) is 209 Å². The van der Waals surface area contributed by atoms with Crippen molar-refractivity contribution in [3.05, 3.63) is 222 Å². The number of fused-ring (bicyclic) bond motifs is 18. The Kier molecular flexibility index (Phi) is 6.97. The Balaban J connectivity index is 1.09. The molecule has 0 radical (unpaired) electrons. The fraction of sp³-hybridized carbons (Fsp3) is 0.0172. The molecule has 0 fully saturated rings. The van der Waals surface area contributed by atoms with Crippen molar-refractivity contribution in [3.8, 4) is 67.5 Å². The summed E-state index contributed by atoms with van der Waals surface area (Å²) in [4.78, 5) is 16.2. The van der Waals surface area contributed by atoms with Crippen molar-refractivity contribution >= 4 is 43.9 Å². The molecular formula is C58H33N3O2. The van der Waals surface area contributed by atoms with Gasteiger partial charge in [-0.3, -0.25) is 0 Å². The van der Waals surface area contributed by atoms with E-state index in [1.165, 1.54) is 55.6 Å². The smallest absolute Gasteiger partial charge is 0.167 e. The maximum Gasteiger partial charge on any atom is 0.167 e. The number of furan rings is 2. The van der Waals surface area contributed by atoms with Crippen LogP contribution in [-0.2, 0) is 5.41 Å². The first kappa shape index (κ1) is 34.3. The molecule has 12 aromatic rings. The maximum atomic E-state index is 6.61. The molecule has 0 amide bonds. The lowest BCUT2D eigenvalue weighted by Gasteiger charge is -2.35. The Morgan fingerprint density at radius 1 is 0.302 bits per heavy atom. The standard InChI is InChI=1S/C58H33N3O2/c1-2-16-36-35(15-1)37-17-3-8-25-46(37)58(47-26-9-4-18-38(47)39-19-5-10-27-48(39)58)49-33-34(31-32-40(36)49)55-59-56(44-23-14-30-52-53(44)43-21-7-12-29-51(43)62-52)61-57(60-55)45-24-13-22-42-41-20-6-11-28-50(41)63-54(42)45/h1-33H. The third kappa shape index (κ3) is 4.68. The Labute approximate surface area is 361 Å². The average Bonchev–Trinajstić information content (AvgIpc) is 4.00. The Bertz CT molecular complexity index is 3850. The van der Waals surface area contributed by atoms with Gasteiger partial charge in [0.15, 0.2) is 17.5 Å². The highest BCUT2D eigenvalue weighted by molar-refractivity contribution is 6.12. The van der Waals surface area contributed by atoms with Crippen LogP contribution in [0.5, 0.6) is 0 Å². The summed E-state index contributed by atoms with van der Waals surface area (Å²) < 4.78 is 13.0. The minimum absolute atomic E-state index is 0.529. The molecule has 5 nitrogen and oxygen atoms in total. The van der Waals surface area contributed by atoms with Gasteiger partial charge in [0.05, 0.1) is 11.0 Å². The minimum Gasteiger partial charge on any atom is -0.456 e. The molecule has 0 saturated heterocycles. The average molecular weight is 804 g/mol. The highest BCUT2D eigenvalue weighted by Crippen LogP contribution is 2.61. The monoisotopic (exact) mass is 803 g/mol. The van der Waals surface area contributed by atoms with Crippen LogP contribution < -0.4 is 0 Å². The Morgan fingerprint density at radius 3 is 1.46 bits per heavy atom. The molecule has 292 valence electrons. The van der Waals surface area contributed by atoms with Gasteiger partial charge in [-0.15, -0.1) is 0 Å². The van der Waals surface area contributed by atoms with Gasteiger partial charge >= 0.3 is 0 Å². The van der Waals surface area contributed by atoms with Crippen LogP contribution in [0.2, 0.25) is 0 Å². The Morgan fingerprint density at radius 2 is 0.762 bits per heavy atom. The van der Waals surface area contributed by atoms with E-state index in [-0.39, 0.29) is 0 Å². The Hall–Kier alpha value is -8.41. The van der Waals surface area contributed by atoms with E-state index in [0.29, 0.717) is 17.5 Å². The van der Waals surface area contributed by atoms with E-state index in [2.05, 4.69) is 146 Å². The molecule has 3 heterocycles. The zero-order valence-electron chi connectivity index (χ0n) is 33.7. The van der Waals surface area contributed by atoms with E-state index in [0.717, 1.165) is 60.6 Å². The third-order valence-corrected chi connectivity index (χ3v) is 13.4. The normalized spacial score (nSPS) is 13.2. The topological polar surface area (TPSA) is 65.0 Å². The molecule has 2 aliphatic carbocycles. The van der Waals surface area contributed by atoms with Gasteiger partial charge < -0.3 is 8.83 Å². The number of hydrogen-bond acceptors (Lipinski definition) is 5. The molecule has 0 saturated carbocycles. The quantitative estimate of drug-likeness (QED) is 0.178. The number of benzene rings is 9. The van der Waals surface area contributed by atoms with E-state index in [4.69, 9.17) is 23.8 Å². The van der Waals surface area contributed by atoms with Gasteiger partial charge in [-0.25, -0.2) is 15.0 Å². The molecule has 0 aliphatic heterocycles. The number of hydrogen-bond donors (Lipinski definition) is 0. The van der Waals surface area contributed by atoms with Crippen molar-refractivity contribution in [3.63, 3.8) is 0 Å². The predicted molar refractivity (Wildman–Crippen MR) is 252 cm³/mol. The van der Waals surface area contributed by atoms with Gasteiger partial charge in [-0.1, -0.05) is 170 Å². The molecule has 5 heteroatoms. The van der Waals surface area contributed by atoms with Gasteiger partial charge in [0.2, 0.25) is 0 Å². The zero-order chi connectivity index (χ0) is 41.2. The van der Waals surface area contributed by atoms with Crippen molar-refractivity contribution in [2.24, 2.45) is 0 Å². The maximum absolute atomic E-state index is 6.61. The fourth-order valence-corrected chi connectivity index (χ4v) is 10.8. The molecule has 1 spiro atoms. The molecular weight excluding hydrogens is 771 g/mol. The second-order valence-corrected chi connectivity index (χ2v) is 16.6. The molecule has 3 aromatic heterocycles. The first-order valence-corrected chi connectivity index (χ1v) is 21.3. The lowest BCUT2D eigenvalue weighted by molar-refractivity contribution is 0.668. The minimum atomic E-state index is -0.645. The second kappa shape index (κ2) is 12.8. The molecule has 0 bridgehead atoms. The van der Waals surface area contributed by atoms with Crippen LogP contribution in [0.25, 0.3) is 111 Å². The lowest BCUT2D eigenvalue weighted by atomic mass is 9.65. The van der Waals surface area contributed by atoms with Gasteiger partial charge in [0.1, 0.15) is 22.3 Å². The van der Waals surface area contributed by atoms with Crippen LogP contribution in [0.1, 0.15) is 22.3 Å². The number of nitrogens with zero attached hydrogens (tertiary/aromatic N) is 3. The number of para-hydroxylation sites is 3. The highest BCUT2D eigenvalue weighted by Gasteiger charge is 2.49.